The SMILES string of the molecule is CCOc1ccccc1C(=O)NCc1nc(C(=O)O)cs1. The molecule has 0 atom stereocenters. The fourth-order valence-electron chi connectivity index (χ4n) is 1.68. The van der Waals surface area contributed by atoms with Crippen LogP contribution in [0.5, 0.6) is 5.75 Å². The van der Waals surface area contributed by atoms with E-state index in [1.807, 2.05) is 6.92 Å². The summed E-state index contributed by atoms with van der Waals surface area (Å²) in [4.78, 5) is 26.8. The average molecular weight is 306 g/mol. The Balaban J connectivity index is 2.02. The lowest BCUT2D eigenvalue weighted by Crippen LogP contribution is -2.23. The molecular formula is C14H14N2O4S. The van der Waals surface area contributed by atoms with Gasteiger partial charge in [0.25, 0.3) is 5.91 Å². The zero-order valence-corrected chi connectivity index (χ0v) is 12.1. The van der Waals surface area contributed by atoms with E-state index >= 15 is 0 Å². The zero-order chi connectivity index (χ0) is 15.2. The maximum absolute atomic E-state index is 12.1. The number of aromatic nitrogens is 1. The van der Waals surface area contributed by atoms with E-state index < -0.39 is 5.97 Å². The summed E-state index contributed by atoms with van der Waals surface area (Å²) < 4.78 is 5.39. The van der Waals surface area contributed by atoms with Crippen LogP contribution in [0.25, 0.3) is 0 Å². The number of ether oxygens (including phenoxy) is 1. The van der Waals surface area contributed by atoms with Gasteiger partial charge in [-0.3, -0.25) is 4.79 Å². The molecule has 2 rings (SSSR count). The summed E-state index contributed by atoms with van der Waals surface area (Å²) in [5.74, 6) is -0.848. The minimum absolute atomic E-state index is 0.0148. The van der Waals surface area contributed by atoms with E-state index in [0.717, 1.165) is 0 Å². The minimum atomic E-state index is -1.08. The van der Waals surface area contributed by atoms with Crippen molar-refractivity contribution < 1.29 is 19.4 Å². The van der Waals surface area contributed by atoms with Gasteiger partial charge in [0.1, 0.15) is 10.8 Å². The van der Waals surface area contributed by atoms with Gasteiger partial charge in [-0.05, 0) is 19.1 Å². The lowest BCUT2D eigenvalue weighted by molar-refractivity contribution is 0.0691. The second kappa shape index (κ2) is 6.85. The number of nitrogens with zero attached hydrogens (tertiary/aromatic N) is 1. The number of aromatic carboxylic acids is 1. The van der Waals surface area contributed by atoms with Crippen molar-refractivity contribution in [3.63, 3.8) is 0 Å². The molecule has 110 valence electrons. The number of benzene rings is 1. The van der Waals surface area contributed by atoms with E-state index in [4.69, 9.17) is 9.84 Å². The molecule has 1 heterocycles. The molecule has 2 aromatic rings. The van der Waals surface area contributed by atoms with Crippen LogP contribution < -0.4 is 10.1 Å². The highest BCUT2D eigenvalue weighted by molar-refractivity contribution is 7.09. The summed E-state index contributed by atoms with van der Waals surface area (Å²) in [5.41, 5.74) is 0.424. The normalized spacial score (nSPS) is 10.1. The maximum Gasteiger partial charge on any atom is 0.355 e. The zero-order valence-electron chi connectivity index (χ0n) is 11.3. The molecule has 6 nitrogen and oxygen atoms in total. The van der Waals surface area contributed by atoms with Gasteiger partial charge in [-0.1, -0.05) is 12.1 Å². The first-order valence-corrected chi connectivity index (χ1v) is 7.17. The molecule has 0 fully saturated rings. The molecule has 0 unspecified atom stereocenters. The highest BCUT2D eigenvalue weighted by Gasteiger charge is 2.13. The molecule has 0 saturated carbocycles. The molecule has 0 aliphatic heterocycles. The highest BCUT2D eigenvalue weighted by atomic mass is 32.1. The first kappa shape index (κ1) is 15.0. The quantitative estimate of drug-likeness (QED) is 0.854. The molecule has 1 amide bonds. The predicted molar refractivity (Wildman–Crippen MR) is 77.9 cm³/mol. The van der Waals surface area contributed by atoms with Gasteiger partial charge in [-0.15, -0.1) is 11.3 Å². The van der Waals surface area contributed by atoms with E-state index in [0.29, 0.717) is 22.9 Å². The van der Waals surface area contributed by atoms with Gasteiger partial charge in [0.2, 0.25) is 0 Å². The van der Waals surface area contributed by atoms with Gasteiger partial charge in [-0.25, -0.2) is 9.78 Å². The number of carboxylic acids is 1. The average Bonchev–Trinajstić information content (AvgIpc) is 2.95. The number of hydrogen-bond donors (Lipinski definition) is 2. The van der Waals surface area contributed by atoms with Crippen molar-refractivity contribution in [1.82, 2.24) is 10.3 Å². The number of para-hydroxylation sites is 1. The molecule has 0 saturated heterocycles. The lowest BCUT2D eigenvalue weighted by Gasteiger charge is -2.09. The Kier molecular flexibility index (Phi) is 4.89. The molecule has 0 spiro atoms. The topological polar surface area (TPSA) is 88.5 Å². The van der Waals surface area contributed by atoms with Gasteiger partial charge < -0.3 is 15.2 Å². The van der Waals surface area contributed by atoms with Crippen LogP contribution in [0.3, 0.4) is 0 Å². The van der Waals surface area contributed by atoms with Gasteiger partial charge >= 0.3 is 5.97 Å². The summed E-state index contributed by atoms with van der Waals surface area (Å²) in [6.45, 7) is 2.49. The molecule has 2 N–H and O–H groups in total. The molecule has 0 radical (unpaired) electrons. The van der Waals surface area contributed by atoms with E-state index in [9.17, 15) is 9.59 Å². The number of carbonyl (C=O) groups is 2. The molecule has 1 aromatic heterocycles. The van der Waals surface area contributed by atoms with Gasteiger partial charge in [-0.2, -0.15) is 0 Å². The Hall–Kier alpha value is -2.41. The Morgan fingerprint density at radius 3 is 2.81 bits per heavy atom. The predicted octanol–water partition coefficient (Wildman–Crippen LogP) is 2.17. The van der Waals surface area contributed by atoms with Crippen molar-refractivity contribution in [3.8, 4) is 5.75 Å². The third-order valence-corrected chi connectivity index (χ3v) is 3.45. The van der Waals surface area contributed by atoms with Crippen LogP contribution in [0.15, 0.2) is 29.6 Å². The monoisotopic (exact) mass is 306 g/mol. The van der Waals surface area contributed by atoms with Crippen molar-refractivity contribution in [2.45, 2.75) is 13.5 Å². The van der Waals surface area contributed by atoms with Crippen LogP contribution in [-0.4, -0.2) is 28.6 Å². The van der Waals surface area contributed by atoms with E-state index in [1.165, 1.54) is 16.7 Å². The van der Waals surface area contributed by atoms with E-state index in [1.54, 1.807) is 24.3 Å². The molecular weight excluding hydrogens is 292 g/mol. The number of carboxylic acid groups (broad SMARTS) is 1. The second-order valence-electron chi connectivity index (χ2n) is 4.04. The molecule has 7 heteroatoms. The van der Waals surface area contributed by atoms with Gasteiger partial charge in [0.15, 0.2) is 5.69 Å². The van der Waals surface area contributed by atoms with Crippen LogP contribution in [0.1, 0.15) is 32.8 Å². The smallest absolute Gasteiger partial charge is 0.355 e. The third-order valence-electron chi connectivity index (χ3n) is 2.60. The number of thiazole rings is 1. The summed E-state index contributed by atoms with van der Waals surface area (Å²) in [6.07, 6.45) is 0. The van der Waals surface area contributed by atoms with Crippen molar-refractivity contribution in [2.75, 3.05) is 6.61 Å². The summed E-state index contributed by atoms with van der Waals surface area (Å²) in [7, 11) is 0. The van der Waals surface area contributed by atoms with Crippen LogP contribution in [0, 0.1) is 0 Å². The number of nitrogens with one attached hydrogen (secondary N) is 1. The third kappa shape index (κ3) is 3.79. The standard InChI is InChI=1S/C14H14N2O4S/c1-2-20-11-6-4-3-5-9(11)13(17)15-7-12-16-10(8-21-12)14(18)19/h3-6,8H,2,7H2,1H3,(H,15,17)(H,18,19). The van der Waals surface area contributed by atoms with Crippen molar-refractivity contribution in [1.29, 1.82) is 0 Å². The Morgan fingerprint density at radius 1 is 1.38 bits per heavy atom. The lowest BCUT2D eigenvalue weighted by atomic mass is 10.2. The molecule has 21 heavy (non-hydrogen) atoms. The number of carbonyl (C=O) groups excluding carboxylic acids is 1. The van der Waals surface area contributed by atoms with E-state index in [-0.39, 0.29) is 18.1 Å². The molecule has 0 aliphatic rings. The first-order valence-electron chi connectivity index (χ1n) is 6.29. The van der Waals surface area contributed by atoms with E-state index in [2.05, 4.69) is 10.3 Å². The van der Waals surface area contributed by atoms with Crippen LogP contribution >= 0.6 is 11.3 Å². The summed E-state index contributed by atoms with van der Waals surface area (Å²) in [6, 6.07) is 6.94. The van der Waals surface area contributed by atoms with Gasteiger partial charge in [0, 0.05) is 5.38 Å². The van der Waals surface area contributed by atoms with Crippen LogP contribution in [0.4, 0.5) is 0 Å². The number of hydrogen-bond acceptors (Lipinski definition) is 5. The summed E-state index contributed by atoms with van der Waals surface area (Å²) in [5, 5.41) is 13.5. The molecule has 1 aromatic carbocycles. The number of amides is 1. The second-order valence-corrected chi connectivity index (χ2v) is 4.99. The van der Waals surface area contributed by atoms with Gasteiger partial charge in [0.05, 0.1) is 18.7 Å². The first-order chi connectivity index (χ1) is 10.1. The largest absolute Gasteiger partial charge is 0.493 e. The van der Waals surface area contributed by atoms with Crippen molar-refractivity contribution in [2.24, 2.45) is 0 Å². The highest BCUT2D eigenvalue weighted by Crippen LogP contribution is 2.18. The van der Waals surface area contributed by atoms with Crippen LogP contribution in [-0.2, 0) is 6.54 Å². The van der Waals surface area contributed by atoms with Crippen molar-refractivity contribution >= 4 is 23.2 Å². The maximum atomic E-state index is 12.1. The Bertz CT molecular complexity index is 654. The Labute approximate surface area is 125 Å². The summed E-state index contributed by atoms with van der Waals surface area (Å²) >= 11 is 1.19. The Morgan fingerprint density at radius 2 is 2.14 bits per heavy atom. The fraction of sp³-hybridized carbons (Fsp3) is 0.214. The molecule has 0 aliphatic carbocycles. The molecule has 0 bridgehead atoms. The van der Waals surface area contributed by atoms with Crippen molar-refractivity contribution in [3.05, 3.63) is 45.9 Å². The van der Waals surface area contributed by atoms with Crippen LogP contribution in [0.2, 0.25) is 0 Å². The fourth-order valence-corrected chi connectivity index (χ4v) is 2.38. The number of rotatable bonds is 6. The minimum Gasteiger partial charge on any atom is -0.493 e.